The van der Waals surface area contributed by atoms with Crippen molar-refractivity contribution in [3.8, 4) is 0 Å². The first-order chi connectivity index (χ1) is 16.8. The van der Waals surface area contributed by atoms with Gasteiger partial charge in [0, 0.05) is 0 Å². The number of hydrogen-bond acceptors (Lipinski definition) is 1. The average molecular weight is 459 g/mol. The second-order valence-electron chi connectivity index (χ2n) is 8.90. The number of benzene rings is 5. The van der Waals surface area contributed by atoms with Gasteiger partial charge in [-0.1, -0.05) is 0 Å². The third kappa shape index (κ3) is 2.88. The third-order valence-electron chi connectivity index (χ3n) is 7.23. The van der Waals surface area contributed by atoms with Crippen LogP contribution < -0.4 is 15.9 Å². The molecule has 2 atom stereocenters. The van der Waals surface area contributed by atoms with Crippen LogP contribution in [0.4, 0.5) is 0 Å². The summed E-state index contributed by atoms with van der Waals surface area (Å²) >= 11 is 0. The molecule has 2 heteroatoms. The molecule has 34 heavy (non-hydrogen) atoms. The Labute approximate surface area is 201 Å². The first-order valence-electron chi connectivity index (χ1n) is 11.8. The van der Waals surface area contributed by atoms with Gasteiger partial charge in [-0.15, -0.1) is 0 Å². The van der Waals surface area contributed by atoms with Crippen LogP contribution in [0, 0.1) is 0 Å². The van der Waals surface area contributed by atoms with Crippen LogP contribution in [0.25, 0.3) is 0 Å². The van der Waals surface area contributed by atoms with E-state index in [4.69, 9.17) is 4.52 Å². The Balaban J connectivity index is 1.76. The van der Waals surface area contributed by atoms with Crippen LogP contribution in [-0.4, -0.2) is 0 Å². The summed E-state index contributed by atoms with van der Waals surface area (Å²) < 4.78 is 7.56. The van der Waals surface area contributed by atoms with Gasteiger partial charge < -0.3 is 0 Å². The molecule has 6 rings (SSSR count). The van der Waals surface area contributed by atoms with Gasteiger partial charge in [0.15, 0.2) is 0 Å². The summed E-state index contributed by atoms with van der Waals surface area (Å²) in [6.07, 6.45) is -0.0399. The van der Waals surface area contributed by atoms with Crippen molar-refractivity contribution in [3.05, 3.63) is 163 Å². The van der Waals surface area contributed by atoms with E-state index in [1.165, 1.54) is 27.0 Å². The molecule has 1 aliphatic rings. The van der Waals surface area contributed by atoms with Crippen molar-refractivity contribution in [2.75, 3.05) is 0 Å². The van der Waals surface area contributed by atoms with Crippen LogP contribution >= 0.6 is 6.83 Å². The summed E-state index contributed by atoms with van der Waals surface area (Å²) in [6.45, 7) is -3.36. The van der Waals surface area contributed by atoms with E-state index in [1.807, 2.05) is 0 Å². The first-order valence-corrected chi connectivity index (χ1v) is 14.0. The van der Waals surface area contributed by atoms with Crippen LogP contribution in [0.1, 0.15) is 22.9 Å². The summed E-state index contributed by atoms with van der Waals surface area (Å²) in [5.41, 5.74) is 2.69. The predicted octanol–water partition coefficient (Wildman–Crippen LogP) is 6.94. The molecule has 0 amide bonds. The van der Waals surface area contributed by atoms with Crippen LogP contribution in [0.5, 0.6) is 0 Å². The van der Waals surface area contributed by atoms with Gasteiger partial charge in [-0.25, -0.2) is 0 Å². The Hall–Kier alpha value is -3.51. The molecule has 5 aromatic carbocycles. The molecule has 1 fully saturated rings. The van der Waals surface area contributed by atoms with E-state index < -0.39 is 6.83 Å². The fourth-order valence-corrected chi connectivity index (χ4v) is 12.5. The quantitative estimate of drug-likeness (QED) is 0.259. The van der Waals surface area contributed by atoms with Gasteiger partial charge in [-0.3, -0.25) is 0 Å². The SMILES string of the molecule is c1ccc(C2OP(c3ccccc3)(c3ccccc3)(c3ccccc3)C2c2ccccc2)cc1. The van der Waals surface area contributed by atoms with Crippen LogP contribution in [-0.2, 0) is 4.52 Å². The third-order valence-corrected chi connectivity index (χ3v) is 13.5. The van der Waals surface area contributed by atoms with Gasteiger partial charge in [-0.2, -0.15) is 0 Å². The van der Waals surface area contributed by atoms with E-state index in [0.29, 0.717) is 0 Å². The van der Waals surface area contributed by atoms with Crippen molar-refractivity contribution in [3.63, 3.8) is 0 Å². The van der Waals surface area contributed by atoms with Gasteiger partial charge in [0.05, 0.1) is 0 Å². The molecule has 1 nitrogen and oxygen atoms in total. The summed E-state index contributed by atoms with van der Waals surface area (Å²) in [4.78, 5) is 0. The Morgan fingerprint density at radius 1 is 0.382 bits per heavy atom. The van der Waals surface area contributed by atoms with E-state index in [-0.39, 0.29) is 11.8 Å². The van der Waals surface area contributed by atoms with E-state index >= 15 is 0 Å². The molecule has 0 N–H and O–H groups in total. The van der Waals surface area contributed by atoms with E-state index in [9.17, 15) is 0 Å². The molecule has 0 bridgehead atoms. The molecule has 1 aliphatic heterocycles. The Bertz CT molecular complexity index is 1270. The average Bonchev–Trinajstić information content (AvgIpc) is 2.92. The maximum atomic E-state index is 7.56. The number of hydrogen-bond donors (Lipinski definition) is 0. The standard InChI is InChI=1S/C32H27OP/c1-6-16-26(17-7-1)31-32(27-18-8-2-9-19-27)34(33-31,28-20-10-3-11-21-28,29-22-12-4-13-23-29)30-24-14-5-15-25-30/h1-25,31-32H. The van der Waals surface area contributed by atoms with Gasteiger partial charge in [0.2, 0.25) is 0 Å². The van der Waals surface area contributed by atoms with Crippen LogP contribution in [0.3, 0.4) is 0 Å². The normalized spacial score (nSPS) is 21.5. The summed E-state index contributed by atoms with van der Waals surface area (Å²) in [5, 5.41) is 3.81. The van der Waals surface area contributed by atoms with Gasteiger partial charge in [-0.05, 0) is 0 Å². The van der Waals surface area contributed by atoms with E-state index in [1.54, 1.807) is 0 Å². The maximum absolute atomic E-state index is 7.56. The fourth-order valence-electron chi connectivity index (χ4n) is 5.83. The zero-order valence-electron chi connectivity index (χ0n) is 18.9. The predicted molar refractivity (Wildman–Crippen MR) is 145 cm³/mol. The van der Waals surface area contributed by atoms with Gasteiger partial charge in [0.25, 0.3) is 0 Å². The monoisotopic (exact) mass is 458 g/mol. The molecular formula is C32H27OP. The molecule has 0 aliphatic carbocycles. The summed E-state index contributed by atoms with van der Waals surface area (Å²) in [6, 6.07) is 54.5. The molecule has 2 unspecified atom stereocenters. The molecular weight excluding hydrogens is 431 g/mol. The zero-order chi connectivity index (χ0) is 22.9. The topological polar surface area (TPSA) is 9.23 Å². The van der Waals surface area contributed by atoms with Crippen molar-refractivity contribution in [1.82, 2.24) is 0 Å². The first kappa shape index (κ1) is 21.1. The molecule has 0 saturated carbocycles. The molecule has 1 saturated heterocycles. The second-order valence-corrected chi connectivity index (χ2v) is 13.4. The molecule has 166 valence electrons. The molecule has 0 radical (unpaired) electrons. The van der Waals surface area contributed by atoms with Gasteiger partial charge in [0.1, 0.15) is 0 Å². The second kappa shape index (κ2) is 8.37. The van der Waals surface area contributed by atoms with E-state index in [2.05, 4.69) is 152 Å². The summed E-state index contributed by atoms with van der Waals surface area (Å²) in [7, 11) is 0. The Kier molecular flexibility index (Phi) is 5.18. The Morgan fingerprint density at radius 3 is 1.09 bits per heavy atom. The van der Waals surface area contributed by atoms with Crippen LogP contribution in [0.2, 0.25) is 0 Å². The van der Waals surface area contributed by atoms with Crippen molar-refractivity contribution in [2.24, 2.45) is 0 Å². The van der Waals surface area contributed by atoms with E-state index in [0.717, 1.165) is 0 Å². The molecule has 5 aromatic rings. The minimum atomic E-state index is -3.36. The van der Waals surface area contributed by atoms with Crippen molar-refractivity contribution in [2.45, 2.75) is 11.8 Å². The molecule has 0 aromatic heterocycles. The van der Waals surface area contributed by atoms with Crippen molar-refractivity contribution >= 4 is 22.7 Å². The molecule has 0 spiro atoms. The van der Waals surface area contributed by atoms with Crippen LogP contribution in [0.15, 0.2) is 152 Å². The van der Waals surface area contributed by atoms with Gasteiger partial charge >= 0.3 is 202 Å². The zero-order valence-corrected chi connectivity index (χ0v) is 19.8. The number of rotatable bonds is 5. The van der Waals surface area contributed by atoms with Crippen molar-refractivity contribution < 1.29 is 4.52 Å². The minimum absolute atomic E-state index is 0.0399. The van der Waals surface area contributed by atoms with Crippen molar-refractivity contribution in [1.29, 1.82) is 0 Å². The Morgan fingerprint density at radius 2 is 0.706 bits per heavy atom. The fraction of sp³-hybridized carbons (Fsp3) is 0.0625. The molecule has 1 heterocycles. The summed E-state index contributed by atoms with van der Waals surface area (Å²) in [5.74, 6) is 0.